The summed E-state index contributed by atoms with van der Waals surface area (Å²) in [5.74, 6) is 0.585. The standard InChI is InChI=1S/C23H18Cl2N2O3/c1-13-16(23-27-19-7-3-4-9-21(19)30-23)6-5-8-18(13)26-22(28)14(2)29-20-11-10-15(24)12-17(20)25/h3-12,14H,1-2H3,(H,26,28)/t14-/m1/s1. The summed E-state index contributed by atoms with van der Waals surface area (Å²) in [6, 6.07) is 18.0. The second-order valence-corrected chi connectivity index (χ2v) is 7.63. The highest BCUT2D eigenvalue weighted by atomic mass is 35.5. The molecule has 1 amide bonds. The fraction of sp³-hybridized carbons (Fsp3) is 0.130. The van der Waals surface area contributed by atoms with Crippen LogP contribution in [0, 0.1) is 6.92 Å². The van der Waals surface area contributed by atoms with Crippen LogP contribution in [0.2, 0.25) is 10.0 Å². The van der Waals surface area contributed by atoms with Gasteiger partial charge in [0.25, 0.3) is 5.91 Å². The Balaban J connectivity index is 1.54. The summed E-state index contributed by atoms with van der Waals surface area (Å²) in [7, 11) is 0. The highest BCUT2D eigenvalue weighted by Crippen LogP contribution is 2.31. The van der Waals surface area contributed by atoms with Gasteiger partial charge in [-0.1, -0.05) is 41.4 Å². The van der Waals surface area contributed by atoms with Crippen LogP contribution in [-0.4, -0.2) is 17.0 Å². The molecule has 5 nitrogen and oxygen atoms in total. The zero-order valence-electron chi connectivity index (χ0n) is 16.3. The molecule has 0 fully saturated rings. The van der Waals surface area contributed by atoms with Gasteiger partial charge in [-0.15, -0.1) is 0 Å². The number of aromatic nitrogens is 1. The number of ether oxygens (including phenoxy) is 1. The monoisotopic (exact) mass is 440 g/mol. The Bertz CT molecular complexity index is 1200. The van der Waals surface area contributed by atoms with Crippen LogP contribution >= 0.6 is 23.2 Å². The molecule has 0 radical (unpaired) electrons. The lowest BCUT2D eigenvalue weighted by molar-refractivity contribution is -0.122. The molecule has 0 spiro atoms. The van der Waals surface area contributed by atoms with E-state index in [1.54, 1.807) is 25.1 Å². The van der Waals surface area contributed by atoms with Gasteiger partial charge in [0.2, 0.25) is 5.89 Å². The summed E-state index contributed by atoms with van der Waals surface area (Å²) in [5.41, 5.74) is 3.79. The topological polar surface area (TPSA) is 64.4 Å². The maximum atomic E-state index is 12.7. The lowest BCUT2D eigenvalue weighted by atomic mass is 10.1. The third-order valence-corrected chi connectivity index (χ3v) is 5.21. The first kappa shape index (κ1) is 20.3. The van der Waals surface area contributed by atoms with Crippen LogP contribution in [0.3, 0.4) is 0 Å². The fourth-order valence-corrected chi connectivity index (χ4v) is 3.49. The van der Waals surface area contributed by atoms with E-state index in [2.05, 4.69) is 10.3 Å². The van der Waals surface area contributed by atoms with Gasteiger partial charge in [0.05, 0.1) is 5.02 Å². The van der Waals surface area contributed by atoms with Crippen LogP contribution in [0.4, 0.5) is 5.69 Å². The molecule has 7 heteroatoms. The molecule has 1 aromatic heterocycles. The average Bonchev–Trinajstić information content (AvgIpc) is 3.15. The number of nitrogens with zero attached hydrogens (tertiary/aromatic N) is 1. The second kappa shape index (κ2) is 8.38. The molecule has 0 bridgehead atoms. The first-order valence-corrected chi connectivity index (χ1v) is 10.1. The van der Waals surface area contributed by atoms with Gasteiger partial charge < -0.3 is 14.5 Å². The van der Waals surface area contributed by atoms with Crippen molar-refractivity contribution in [2.24, 2.45) is 0 Å². The molecular formula is C23H18Cl2N2O3. The SMILES string of the molecule is Cc1c(NC(=O)[C@@H](C)Oc2ccc(Cl)cc2Cl)cccc1-c1nc2ccccc2o1. The van der Waals surface area contributed by atoms with Crippen molar-refractivity contribution in [3.05, 3.63) is 76.3 Å². The largest absolute Gasteiger partial charge is 0.479 e. The van der Waals surface area contributed by atoms with Gasteiger partial charge in [0.1, 0.15) is 11.3 Å². The number of hydrogen-bond donors (Lipinski definition) is 1. The fourth-order valence-electron chi connectivity index (χ4n) is 3.04. The maximum absolute atomic E-state index is 12.7. The minimum absolute atomic E-state index is 0.307. The number of carbonyl (C=O) groups excluding carboxylic acids is 1. The maximum Gasteiger partial charge on any atom is 0.265 e. The number of rotatable bonds is 5. The summed E-state index contributed by atoms with van der Waals surface area (Å²) in [4.78, 5) is 17.2. The van der Waals surface area contributed by atoms with Crippen molar-refractivity contribution >= 4 is 45.9 Å². The molecular weight excluding hydrogens is 423 g/mol. The molecule has 1 heterocycles. The Labute approximate surface area is 183 Å². The van der Waals surface area contributed by atoms with Crippen molar-refractivity contribution in [1.82, 2.24) is 4.98 Å². The van der Waals surface area contributed by atoms with Crippen molar-refractivity contribution in [2.75, 3.05) is 5.32 Å². The van der Waals surface area contributed by atoms with Gasteiger partial charge in [0, 0.05) is 16.3 Å². The van der Waals surface area contributed by atoms with Gasteiger partial charge in [-0.25, -0.2) is 4.98 Å². The molecule has 0 aliphatic rings. The Morgan fingerprint density at radius 3 is 2.67 bits per heavy atom. The molecule has 0 aliphatic heterocycles. The Kier molecular flexibility index (Phi) is 5.66. The van der Waals surface area contributed by atoms with Crippen LogP contribution in [0.25, 0.3) is 22.6 Å². The third-order valence-electron chi connectivity index (χ3n) is 4.68. The van der Waals surface area contributed by atoms with E-state index < -0.39 is 6.10 Å². The van der Waals surface area contributed by atoms with Crippen LogP contribution in [0.1, 0.15) is 12.5 Å². The number of nitrogens with one attached hydrogen (secondary N) is 1. The number of halogens is 2. The quantitative estimate of drug-likeness (QED) is 0.383. The highest BCUT2D eigenvalue weighted by Gasteiger charge is 2.19. The minimum Gasteiger partial charge on any atom is -0.479 e. The Morgan fingerprint density at radius 2 is 1.90 bits per heavy atom. The van der Waals surface area contributed by atoms with E-state index in [4.69, 9.17) is 32.4 Å². The highest BCUT2D eigenvalue weighted by molar-refractivity contribution is 6.35. The zero-order chi connectivity index (χ0) is 21.3. The molecule has 4 rings (SSSR count). The van der Waals surface area contributed by atoms with Crippen molar-refractivity contribution in [3.8, 4) is 17.2 Å². The molecule has 152 valence electrons. The van der Waals surface area contributed by atoms with Crippen LogP contribution in [-0.2, 0) is 4.79 Å². The van der Waals surface area contributed by atoms with E-state index >= 15 is 0 Å². The van der Waals surface area contributed by atoms with E-state index in [9.17, 15) is 4.79 Å². The number of amides is 1. The number of fused-ring (bicyclic) bond motifs is 1. The Morgan fingerprint density at radius 1 is 1.10 bits per heavy atom. The third kappa shape index (κ3) is 4.13. The summed E-state index contributed by atoms with van der Waals surface area (Å²) in [6.07, 6.45) is -0.768. The van der Waals surface area contributed by atoms with Crippen molar-refractivity contribution in [3.63, 3.8) is 0 Å². The first-order chi connectivity index (χ1) is 14.4. The molecule has 0 saturated carbocycles. The predicted octanol–water partition coefficient (Wildman–Crippen LogP) is 6.52. The van der Waals surface area contributed by atoms with Gasteiger partial charge in [-0.3, -0.25) is 4.79 Å². The number of carbonyl (C=O) groups is 1. The molecule has 0 aliphatic carbocycles. The van der Waals surface area contributed by atoms with E-state index in [0.29, 0.717) is 33.0 Å². The van der Waals surface area contributed by atoms with Crippen molar-refractivity contribution in [2.45, 2.75) is 20.0 Å². The zero-order valence-corrected chi connectivity index (χ0v) is 17.8. The molecule has 1 N–H and O–H groups in total. The number of oxazole rings is 1. The molecule has 1 atom stereocenters. The van der Waals surface area contributed by atoms with E-state index in [1.807, 2.05) is 49.4 Å². The summed E-state index contributed by atoms with van der Waals surface area (Å²) in [6.45, 7) is 3.56. The van der Waals surface area contributed by atoms with E-state index in [1.165, 1.54) is 0 Å². The lowest BCUT2D eigenvalue weighted by Gasteiger charge is -2.17. The number of hydrogen-bond acceptors (Lipinski definition) is 4. The van der Waals surface area contributed by atoms with Crippen LogP contribution in [0.15, 0.2) is 65.1 Å². The first-order valence-electron chi connectivity index (χ1n) is 9.30. The van der Waals surface area contributed by atoms with Gasteiger partial charge in [0.15, 0.2) is 11.7 Å². The second-order valence-electron chi connectivity index (χ2n) is 6.79. The molecule has 4 aromatic rings. The molecule has 30 heavy (non-hydrogen) atoms. The van der Waals surface area contributed by atoms with Gasteiger partial charge >= 0.3 is 0 Å². The average molecular weight is 441 g/mol. The lowest BCUT2D eigenvalue weighted by Crippen LogP contribution is -2.30. The Hall–Kier alpha value is -3.02. The normalized spacial score (nSPS) is 12.0. The number of anilines is 1. The van der Waals surface area contributed by atoms with E-state index in [0.717, 1.165) is 16.6 Å². The minimum atomic E-state index is -0.768. The van der Waals surface area contributed by atoms with Gasteiger partial charge in [-0.2, -0.15) is 0 Å². The molecule has 0 saturated heterocycles. The summed E-state index contributed by atoms with van der Waals surface area (Å²) >= 11 is 12.0. The van der Waals surface area contributed by atoms with Crippen molar-refractivity contribution < 1.29 is 13.9 Å². The number of benzene rings is 3. The number of para-hydroxylation sites is 2. The van der Waals surface area contributed by atoms with Crippen LogP contribution in [0.5, 0.6) is 5.75 Å². The predicted molar refractivity (Wildman–Crippen MR) is 119 cm³/mol. The van der Waals surface area contributed by atoms with Gasteiger partial charge in [-0.05, 0) is 61.9 Å². The van der Waals surface area contributed by atoms with E-state index in [-0.39, 0.29) is 5.91 Å². The molecule has 3 aromatic carbocycles. The molecule has 0 unspecified atom stereocenters. The summed E-state index contributed by atoms with van der Waals surface area (Å²) in [5, 5.41) is 3.74. The summed E-state index contributed by atoms with van der Waals surface area (Å²) < 4.78 is 11.6. The van der Waals surface area contributed by atoms with Crippen molar-refractivity contribution in [1.29, 1.82) is 0 Å². The van der Waals surface area contributed by atoms with Crippen LogP contribution < -0.4 is 10.1 Å². The smallest absolute Gasteiger partial charge is 0.265 e.